The van der Waals surface area contributed by atoms with Gasteiger partial charge in [-0.05, 0) is 26.8 Å². The van der Waals surface area contributed by atoms with Gasteiger partial charge in [-0.25, -0.2) is 0 Å². The zero-order valence-electron chi connectivity index (χ0n) is 13.1. The summed E-state index contributed by atoms with van der Waals surface area (Å²) in [6, 6.07) is 4.41. The fraction of sp³-hybridized carbons (Fsp3) is 0.533. The van der Waals surface area contributed by atoms with Crippen molar-refractivity contribution in [2.45, 2.75) is 26.3 Å². The van der Waals surface area contributed by atoms with Gasteiger partial charge in [-0.3, -0.25) is 14.9 Å². The van der Waals surface area contributed by atoms with Crippen LogP contribution in [-0.2, 0) is 4.74 Å². The van der Waals surface area contributed by atoms with Crippen molar-refractivity contribution in [3.63, 3.8) is 0 Å². The van der Waals surface area contributed by atoms with Crippen LogP contribution in [0, 0.1) is 10.1 Å². The number of benzene rings is 1. The number of carbonyl (C=O) groups is 1. The van der Waals surface area contributed by atoms with Crippen molar-refractivity contribution in [3.8, 4) is 0 Å². The predicted octanol–water partition coefficient (Wildman–Crippen LogP) is 1.96. The second-order valence-corrected chi connectivity index (χ2v) is 6.26. The van der Waals surface area contributed by atoms with Gasteiger partial charge in [0, 0.05) is 30.8 Å². The lowest BCUT2D eigenvalue weighted by Gasteiger charge is -2.31. The zero-order chi connectivity index (χ0) is 16.3. The minimum absolute atomic E-state index is 0.0870. The van der Waals surface area contributed by atoms with Crippen LogP contribution in [0.3, 0.4) is 0 Å². The SMILES string of the molecule is CC(C)(C)NC(=O)c1cc([N+](=O)[O-])ccc1N1CCOCC1. The van der Waals surface area contributed by atoms with Crippen molar-refractivity contribution >= 4 is 17.3 Å². The summed E-state index contributed by atoms with van der Waals surface area (Å²) in [5.74, 6) is -0.308. The van der Waals surface area contributed by atoms with E-state index in [2.05, 4.69) is 5.32 Å². The Hall–Kier alpha value is -2.15. The summed E-state index contributed by atoms with van der Waals surface area (Å²) in [5.41, 5.74) is 0.530. The summed E-state index contributed by atoms with van der Waals surface area (Å²) < 4.78 is 5.31. The van der Waals surface area contributed by atoms with Crippen LogP contribution in [0.15, 0.2) is 18.2 Å². The Morgan fingerprint density at radius 1 is 1.32 bits per heavy atom. The van der Waals surface area contributed by atoms with Crippen molar-refractivity contribution in [3.05, 3.63) is 33.9 Å². The molecule has 0 saturated carbocycles. The molecule has 120 valence electrons. The molecule has 0 radical (unpaired) electrons. The average molecular weight is 307 g/mol. The highest BCUT2D eigenvalue weighted by molar-refractivity contribution is 6.00. The van der Waals surface area contributed by atoms with E-state index in [0.29, 0.717) is 37.6 Å². The van der Waals surface area contributed by atoms with E-state index in [1.807, 2.05) is 25.7 Å². The number of anilines is 1. The Morgan fingerprint density at radius 2 is 1.95 bits per heavy atom. The molecule has 0 aliphatic carbocycles. The smallest absolute Gasteiger partial charge is 0.270 e. The maximum atomic E-state index is 12.5. The number of morpholine rings is 1. The molecule has 1 aliphatic rings. The standard InChI is InChI=1S/C15H21N3O4/c1-15(2,3)16-14(19)12-10-11(18(20)21)4-5-13(12)17-6-8-22-9-7-17/h4-5,10H,6-9H2,1-3H3,(H,16,19). The summed E-state index contributed by atoms with van der Waals surface area (Å²) in [4.78, 5) is 25.0. The van der Waals surface area contributed by atoms with Crippen LogP contribution in [-0.4, -0.2) is 42.7 Å². The number of hydrogen-bond donors (Lipinski definition) is 1. The van der Waals surface area contributed by atoms with E-state index in [4.69, 9.17) is 4.74 Å². The molecule has 0 aromatic heterocycles. The van der Waals surface area contributed by atoms with Crippen LogP contribution in [0.2, 0.25) is 0 Å². The first-order valence-electron chi connectivity index (χ1n) is 7.21. The van der Waals surface area contributed by atoms with Crippen LogP contribution < -0.4 is 10.2 Å². The third kappa shape index (κ3) is 3.94. The van der Waals surface area contributed by atoms with Gasteiger partial charge in [-0.2, -0.15) is 0 Å². The first-order chi connectivity index (χ1) is 10.3. The molecule has 7 nitrogen and oxygen atoms in total. The molecular formula is C15H21N3O4. The lowest BCUT2D eigenvalue weighted by atomic mass is 10.1. The average Bonchev–Trinajstić information content (AvgIpc) is 2.45. The molecule has 1 aromatic rings. The minimum atomic E-state index is -0.489. The molecule has 7 heteroatoms. The third-order valence-corrected chi connectivity index (χ3v) is 3.28. The first-order valence-corrected chi connectivity index (χ1v) is 7.21. The second kappa shape index (κ2) is 6.31. The number of nitro benzene ring substituents is 1. The van der Waals surface area contributed by atoms with Crippen LogP contribution in [0.1, 0.15) is 31.1 Å². The fourth-order valence-electron chi connectivity index (χ4n) is 2.31. The lowest BCUT2D eigenvalue weighted by Crippen LogP contribution is -2.42. The molecule has 1 N–H and O–H groups in total. The number of rotatable bonds is 3. The van der Waals surface area contributed by atoms with Crippen molar-refractivity contribution in [1.82, 2.24) is 5.32 Å². The predicted molar refractivity (Wildman–Crippen MR) is 83.3 cm³/mol. The molecule has 1 aliphatic heterocycles. The topological polar surface area (TPSA) is 84.7 Å². The van der Waals surface area contributed by atoms with E-state index in [1.165, 1.54) is 12.1 Å². The van der Waals surface area contributed by atoms with Gasteiger partial charge in [0.15, 0.2) is 0 Å². The highest BCUT2D eigenvalue weighted by atomic mass is 16.6. The Kier molecular flexibility index (Phi) is 4.65. The Labute approximate surface area is 129 Å². The Bertz CT molecular complexity index is 575. The zero-order valence-corrected chi connectivity index (χ0v) is 13.1. The molecular weight excluding hydrogens is 286 g/mol. The minimum Gasteiger partial charge on any atom is -0.378 e. The Morgan fingerprint density at radius 3 is 2.50 bits per heavy atom. The van der Waals surface area contributed by atoms with Crippen LogP contribution in [0.4, 0.5) is 11.4 Å². The summed E-state index contributed by atoms with van der Waals surface area (Å²) in [6.07, 6.45) is 0. The van der Waals surface area contributed by atoms with E-state index >= 15 is 0 Å². The van der Waals surface area contributed by atoms with E-state index in [-0.39, 0.29) is 11.6 Å². The number of hydrogen-bond acceptors (Lipinski definition) is 5. The second-order valence-electron chi connectivity index (χ2n) is 6.26. The highest BCUT2D eigenvalue weighted by Gasteiger charge is 2.24. The van der Waals surface area contributed by atoms with E-state index in [0.717, 1.165) is 0 Å². The van der Waals surface area contributed by atoms with Crippen LogP contribution in [0.5, 0.6) is 0 Å². The fourth-order valence-corrected chi connectivity index (χ4v) is 2.31. The van der Waals surface area contributed by atoms with E-state index in [1.54, 1.807) is 6.07 Å². The van der Waals surface area contributed by atoms with Gasteiger partial charge >= 0.3 is 0 Å². The van der Waals surface area contributed by atoms with Gasteiger partial charge in [0.1, 0.15) is 0 Å². The number of carbonyl (C=O) groups excluding carboxylic acids is 1. The van der Waals surface area contributed by atoms with Crippen LogP contribution in [0.25, 0.3) is 0 Å². The maximum absolute atomic E-state index is 12.5. The number of nitro groups is 1. The van der Waals surface area contributed by atoms with Gasteiger partial charge in [0.05, 0.1) is 29.4 Å². The Balaban J connectivity index is 2.39. The summed E-state index contributed by atoms with van der Waals surface area (Å²) in [7, 11) is 0. The van der Waals surface area contributed by atoms with Gasteiger partial charge in [-0.15, -0.1) is 0 Å². The van der Waals surface area contributed by atoms with Gasteiger partial charge in [-0.1, -0.05) is 0 Å². The monoisotopic (exact) mass is 307 g/mol. The first kappa shape index (κ1) is 16.2. The molecule has 1 heterocycles. The number of nitrogens with one attached hydrogen (secondary N) is 1. The molecule has 1 saturated heterocycles. The quantitative estimate of drug-likeness (QED) is 0.681. The molecule has 2 rings (SSSR count). The van der Waals surface area contributed by atoms with E-state index < -0.39 is 10.5 Å². The van der Waals surface area contributed by atoms with Crippen molar-refractivity contribution in [2.24, 2.45) is 0 Å². The number of amides is 1. The third-order valence-electron chi connectivity index (χ3n) is 3.28. The van der Waals surface area contributed by atoms with Crippen LogP contribution >= 0.6 is 0 Å². The molecule has 0 unspecified atom stereocenters. The normalized spacial score (nSPS) is 15.5. The summed E-state index contributed by atoms with van der Waals surface area (Å²) in [5, 5.41) is 13.9. The molecule has 0 spiro atoms. The van der Waals surface area contributed by atoms with Gasteiger partial charge in [0.25, 0.3) is 11.6 Å². The molecule has 1 fully saturated rings. The molecule has 1 amide bonds. The molecule has 1 aromatic carbocycles. The molecule has 0 atom stereocenters. The number of non-ortho nitro benzene ring substituents is 1. The van der Waals surface area contributed by atoms with Crippen molar-refractivity contribution in [1.29, 1.82) is 0 Å². The maximum Gasteiger partial charge on any atom is 0.270 e. The lowest BCUT2D eigenvalue weighted by molar-refractivity contribution is -0.384. The summed E-state index contributed by atoms with van der Waals surface area (Å²) >= 11 is 0. The van der Waals surface area contributed by atoms with Gasteiger partial charge in [0.2, 0.25) is 0 Å². The number of ether oxygens (including phenoxy) is 1. The van der Waals surface area contributed by atoms with Gasteiger partial charge < -0.3 is 15.0 Å². The number of nitrogens with zero attached hydrogens (tertiary/aromatic N) is 2. The summed E-state index contributed by atoms with van der Waals surface area (Å²) in [6.45, 7) is 8.10. The van der Waals surface area contributed by atoms with Crippen molar-refractivity contribution in [2.75, 3.05) is 31.2 Å². The van der Waals surface area contributed by atoms with E-state index in [9.17, 15) is 14.9 Å². The van der Waals surface area contributed by atoms with Crippen molar-refractivity contribution < 1.29 is 14.5 Å². The highest BCUT2D eigenvalue weighted by Crippen LogP contribution is 2.26. The molecule has 22 heavy (non-hydrogen) atoms. The molecule has 0 bridgehead atoms. The largest absolute Gasteiger partial charge is 0.378 e.